The molecule has 8 heteroatoms. The zero-order chi connectivity index (χ0) is 18.9. The first kappa shape index (κ1) is 18.1. The van der Waals surface area contributed by atoms with Crippen molar-refractivity contribution in [3.8, 4) is 0 Å². The van der Waals surface area contributed by atoms with Crippen LogP contribution in [0, 0.1) is 5.41 Å². The molecule has 3 aliphatic heterocycles. The van der Waals surface area contributed by atoms with Gasteiger partial charge in [0.15, 0.2) is 5.82 Å². The maximum absolute atomic E-state index is 13.2. The SMILES string of the molecule is C=CCN1CC2(CCC1=O)CCN(C(=O)[C@H]1CCCCn3nnnc31)CC2. The summed E-state index contributed by atoms with van der Waals surface area (Å²) in [7, 11) is 0. The second-order valence-electron chi connectivity index (χ2n) is 8.20. The molecule has 0 aliphatic carbocycles. The van der Waals surface area contributed by atoms with Crippen LogP contribution in [0.3, 0.4) is 0 Å². The normalized spacial score (nSPS) is 25.2. The molecule has 2 amide bonds. The second kappa shape index (κ2) is 7.40. The Morgan fingerprint density at radius 3 is 2.81 bits per heavy atom. The van der Waals surface area contributed by atoms with Gasteiger partial charge in [-0.2, -0.15) is 0 Å². The van der Waals surface area contributed by atoms with Gasteiger partial charge in [-0.05, 0) is 47.9 Å². The number of nitrogens with zero attached hydrogens (tertiary/aromatic N) is 6. The molecule has 0 radical (unpaired) electrons. The Hall–Kier alpha value is -2.25. The summed E-state index contributed by atoms with van der Waals surface area (Å²) < 4.78 is 1.79. The number of tetrazole rings is 1. The third kappa shape index (κ3) is 3.49. The van der Waals surface area contributed by atoms with Crippen molar-refractivity contribution in [3.63, 3.8) is 0 Å². The van der Waals surface area contributed by atoms with Crippen LogP contribution in [0.4, 0.5) is 0 Å². The Morgan fingerprint density at radius 2 is 2.04 bits per heavy atom. The summed E-state index contributed by atoms with van der Waals surface area (Å²) in [6, 6.07) is 0. The molecule has 4 rings (SSSR count). The van der Waals surface area contributed by atoms with Crippen molar-refractivity contribution in [2.75, 3.05) is 26.2 Å². The Balaban J connectivity index is 1.41. The van der Waals surface area contributed by atoms with Gasteiger partial charge < -0.3 is 9.80 Å². The number of aromatic nitrogens is 4. The van der Waals surface area contributed by atoms with Crippen molar-refractivity contribution in [1.29, 1.82) is 0 Å². The van der Waals surface area contributed by atoms with E-state index in [-0.39, 0.29) is 23.1 Å². The molecule has 0 N–H and O–H groups in total. The molecule has 1 aromatic heterocycles. The molecule has 0 unspecified atom stereocenters. The zero-order valence-electron chi connectivity index (χ0n) is 15.8. The number of hydrogen-bond donors (Lipinski definition) is 0. The Bertz CT molecular complexity index is 722. The highest BCUT2D eigenvalue weighted by Crippen LogP contribution is 2.41. The quantitative estimate of drug-likeness (QED) is 0.748. The molecule has 0 aromatic carbocycles. The second-order valence-corrected chi connectivity index (χ2v) is 8.20. The van der Waals surface area contributed by atoms with Crippen LogP contribution in [0.25, 0.3) is 0 Å². The number of fused-ring (bicyclic) bond motifs is 1. The maximum Gasteiger partial charge on any atom is 0.233 e. The molecule has 4 heterocycles. The van der Waals surface area contributed by atoms with E-state index in [4.69, 9.17) is 0 Å². The lowest BCUT2D eigenvalue weighted by Gasteiger charge is -2.47. The van der Waals surface area contributed by atoms with Crippen LogP contribution >= 0.6 is 0 Å². The summed E-state index contributed by atoms with van der Waals surface area (Å²) in [5.74, 6) is 0.891. The molecule has 8 nitrogen and oxygen atoms in total. The molecule has 1 aromatic rings. The molecule has 27 heavy (non-hydrogen) atoms. The van der Waals surface area contributed by atoms with E-state index in [2.05, 4.69) is 22.1 Å². The summed E-state index contributed by atoms with van der Waals surface area (Å²) in [4.78, 5) is 29.2. The topological polar surface area (TPSA) is 84.2 Å². The zero-order valence-corrected chi connectivity index (χ0v) is 15.8. The van der Waals surface area contributed by atoms with Crippen molar-refractivity contribution < 1.29 is 9.59 Å². The molecular weight excluding hydrogens is 344 g/mol. The average Bonchev–Trinajstić information content (AvgIpc) is 3.05. The van der Waals surface area contributed by atoms with E-state index in [1.54, 1.807) is 10.8 Å². The maximum atomic E-state index is 13.2. The molecule has 0 saturated carbocycles. The fourth-order valence-electron chi connectivity index (χ4n) is 4.85. The fourth-order valence-corrected chi connectivity index (χ4v) is 4.85. The number of aryl methyl sites for hydroxylation is 1. The summed E-state index contributed by atoms with van der Waals surface area (Å²) in [6.07, 6.45) is 8.10. The Kier molecular flexibility index (Phi) is 4.97. The standard InChI is InChI=1S/C19H28N6O2/c1-2-10-24-14-19(7-6-16(24)26)8-12-23(13-9-19)18(27)15-5-3-4-11-25-17(15)20-21-22-25/h2,15H,1,3-14H2/t15-/m0/s1. The van der Waals surface area contributed by atoms with Gasteiger partial charge >= 0.3 is 0 Å². The number of carbonyl (C=O) groups excluding carboxylic acids is 2. The van der Waals surface area contributed by atoms with Gasteiger partial charge in [0.05, 0.1) is 5.92 Å². The van der Waals surface area contributed by atoms with Gasteiger partial charge in [0, 0.05) is 39.1 Å². The highest BCUT2D eigenvalue weighted by atomic mass is 16.2. The highest BCUT2D eigenvalue weighted by Gasteiger charge is 2.42. The predicted octanol–water partition coefficient (Wildman–Crippen LogP) is 1.36. The first-order valence-corrected chi connectivity index (χ1v) is 10.1. The summed E-state index contributed by atoms with van der Waals surface area (Å²) in [5.41, 5.74) is 0.152. The van der Waals surface area contributed by atoms with Crippen molar-refractivity contribution in [3.05, 3.63) is 18.5 Å². The minimum absolute atomic E-state index is 0.152. The highest BCUT2D eigenvalue weighted by molar-refractivity contribution is 5.83. The van der Waals surface area contributed by atoms with Gasteiger partial charge in [-0.15, -0.1) is 11.7 Å². The predicted molar refractivity (Wildman–Crippen MR) is 98.7 cm³/mol. The summed E-state index contributed by atoms with van der Waals surface area (Å²) in [6.45, 7) is 7.49. The minimum atomic E-state index is -0.221. The van der Waals surface area contributed by atoms with E-state index in [0.29, 0.717) is 13.0 Å². The summed E-state index contributed by atoms with van der Waals surface area (Å²) >= 11 is 0. The fraction of sp³-hybridized carbons (Fsp3) is 0.737. The smallest absolute Gasteiger partial charge is 0.233 e. The van der Waals surface area contributed by atoms with E-state index in [0.717, 1.165) is 70.5 Å². The third-order valence-corrected chi connectivity index (χ3v) is 6.52. The van der Waals surface area contributed by atoms with Crippen LogP contribution in [0.2, 0.25) is 0 Å². The van der Waals surface area contributed by atoms with Crippen LogP contribution in [0.5, 0.6) is 0 Å². The largest absolute Gasteiger partial charge is 0.342 e. The monoisotopic (exact) mass is 372 g/mol. The van der Waals surface area contributed by atoms with E-state index in [1.165, 1.54) is 0 Å². The van der Waals surface area contributed by atoms with Crippen LogP contribution in [0.15, 0.2) is 12.7 Å². The molecule has 2 fully saturated rings. The lowest BCUT2D eigenvalue weighted by atomic mass is 9.72. The molecule has 1 atom stereocenters. The molecule has 3 aliphatic rings. The molecule has 2 saturated heterocycles. The number of carbonyl (C=O) groups is 2. The number of hydrogen-bond acceptors (Lipinski definition) is 5. The van der Waals surface area contributed by atoms with Gasteiger partial charge in [0.1, 0.15) is 0 Å². The lowest BCUT2D eigenvalue weighted by Crippen LogP contribution is -2.52. The van der Waals surface area contributed by atoms with Gasteiger partial charge in [-0.3, -0.25) is 9.59 Å². The van der Waals surface area contributed by atoms with Gasteiger partial charge in [-0.25, -0.2) is 4.68 Å². The van der Waals surface area contributed by atoms with Gasteiger partial charge in [0.25, 0.3) is 0 Å². The third-order valence-electron chi connectivity index (χ3n) is 6.52. The van der Waals surface area contributed by atoms with Crippen LogP contribution in [0.1, 0.15) is 56.7 Å². The number of rotatable bonds is 3. The van der Waals surface area contributed by atoms with Crippen LogP contribution in [-0.4, -0.2) is 68.0 Å². The molecule has 0 bridgehead atoms. The summed E-state index contributed by atoms with van der Waals surface area (Å²) in [5, 5.41) is 11.9. The van der Waals surface area contributed by atoms with E-state index in [1.807, 2.05) is 9.80 Å². The minimum Gasteiger partial charge on any atom is -0.342 e. The van der Waals surface area contributed by atoms with Crippen molar-refractivity contribution in [2.24, 2.45) is 5.41 Å². The van der Waals surface area contributed by atoms with Crippen molar-refractivity contribution >= 4 is 11.8 Å². The first-order chi connectivity index (χ1) is 13.1. The van der Waals surface area contributed by atoms with Crippen molar-refractivity contribution in [1.82, 2.24) is 30.0 Å². The van der Waals surface area contributed by atoms with Gasteiger partial charge in [-0.1, -0.05) is 12.5 Å². The molecular formula is C19H28N6O2. The number of amides is 2. The number of likely N-dealkylation sites (tertiary alicyclic amines) is 2. The van der Waals surface area contributed by atoms with E-state index < -0.39 is 0 Å². The first-order valence-electron chi connectivity index (χ1n) is 10.1. The van der Waals surface area contributed by atoms with Crippen LogP contribution < -0.4 is 0 Å². The lowest BCUT2D eigenvalue weighted by molar-refractivity contribution is -0.142. The molecule has 1 spiro atoms. The van der Waals surface area contributed by atoms with Crippen molar-refractivity contribution in [2.45, 2.75) is 57.4 Å². The van der Waals surface area contributed by atoms with Crippen LogP contribution in [-0.2, 0) is 16.1 Å². The Morgan fingerprint density at radius 1 is 1.22 bits per heavy atom. The molecule has 146 valence electrons. The van der Waals surface area contributed by atoms with Gasteiger partial charge in [0.2, 0.25) is 11.8 Å². The van der Waals surface area contributed by atoms with E-state index in [9.17, 15) is 9.59 Å². The average molecular weight is 372 g/mol. The van der Waals surface area contributed by atoms with E-state index >= 15 is 0 Å². The number of piperidine rings is 2. The Labute approximate surface area is 159 Å².